The zero-order chi connectivity index (χ0) is 23.5. The Labute approximate surface area is 201 Å². The van der Waals surface area contributed by atoms with Gasteiger partial charge < -0.3 is 10.6 Å². The lowest BCUT2D eigenvalue weighted by atomic mass is 10.0. The Hall–Kier alpha value is -3.62. The second kappa shape index (κ2) is 9.70. The lowest BCUT2D eigenvalue weighted by molar-refractivity contribution is 0.0968. The van der Waals surface area contributed by atoms with Crippen molar-refractivity contribution < 1.29 is 9.18 Å². The van der Waals surface area contributed by atoms with Crippen LogP contribution in [0.15, 0.2) is 67.1 Å². The van der Waals surface area contributed by atoms with E-state index in [2.05, 4.69) is 25.6 Å². The number of rotatable bonds is 5. The summed E-state index contributed by atoms with van der Waals surface area (Å²) < 4.78 is 15.2. The van der Waals surface area contributed by atoms with E-state index in [0.29, 0.717) is 34.4 Å². The predicted molar refractivity (Wildman–Crippen MR) is 131 cm³/mol. The Bertz CT molecular complexity index is 1320. The van der Waals surface area contributed by atoms with E-state index in [4.69, 9.17) is 11.6 Å². The molecule has 0 saturated carbocycles. The molecule has 3 heterocycles. The number of carbonyl (C=O) groups excluding carboxylic acids is 1. The summed E-state index contributed by atoms with van der Waals surface area (Å²) in [4.78, 5) is 28.1. The van der Waals surface area contributed by atoms with Crippen molar-refractivity contribution >= 4 is 45.7 Å². The zero-order valence-corrected chi connectivity index (χ0v) is 19.0. The highest BCUT2D eigenvalue weighted by Crippen LogP contribution is 2.34. The number of piperidine rings is 1. The highest BCUT2D eigenvalue weighted by atomic mass is 35.5. The van der Waals surface area contributed by atoms with E-state index < -0.39 is 11.7 Å². The monoisotopic (exact) mass is 476 g/mol. The third-order valence-electron chi connectivity index (χ3n) is 5.82. The van der Waals surface area contributed by atoms with E-state index in [0.717, 1.165) is 24.8 Å². The fraction of sp³-hybridized carbons (Fsp3) is 0.200. The van der Waals surface area contributed by atoms with Gasteiger partial charge in [0.05, 0.1) is 16.6 Å². The summed E-state index contributed by atoms with van der Waals surface area (Å²) in [6, 6.07) is 13.3. The predicted octanol–water partition coefficient (Wildman–Crippen LogP) is 4.96. The molecule has 1 unspecified atom stereocenters. The average Bonchev–Trinajstić information content (AvgIpc) is 2.86. The Morgan fingerprint density at radius 3 is 2.71 bits per heavy atom. The fourth-order valence-electron chi connectivity index (χ4n) is 4.23. The summed E-state index contributed by atoms with van der Waals surface area (Å²) in [5.74, 6) is -0.341. The number of fused-ring (bicyclic) bond motifs is 1. The van der Waals surface area contributed by atoms with E-state index in [-0.39, 0.29) is 11.6 Å². The number of anilines is 3. The van der Waals surface area contributed by atoms with Crippen molar-refractivity contribution in [3.63, 3.8) is 0 Å². The maximum Gasteiger partial charge on any atom is 0.262 e. The van der Waals surface area contributed by atoms with Crippen molar-refractivity contribution in [3.05, 3.63) is 83.5 Å². The third-order valence-corrected chi connectivity index (χ3v) is 6.14. The van der Waals surface area contributed by atoms with Gasteiger partial charge in [-0.1, -0.05) is 23.7 Å². The number of aromatic nitrogens is 3. The van der Waals surface area contributed by atoms with Crippen LogP contribution in [0.3, 0.4) is 0 Å². The first-order valence-electron chi connectivity index (χ1n) is 11.0. The Morgan fingerprint density at radius 2 is 1.94 bits per heavy atom. The van der Waals surface area contributed by atoms with Crippen molar-refractivity contribution in [3.8, 4) is 0 Å². The molecular formula is C25H22ClFN6O. The summed E-state index contributed by atoms with van der Waals surface area (Å²) in [5, 5.41) is 8.30. The molecule has 4 aromatic rings. The number of halogens is 2. The number of nitrogens with zero attached hydrogens (tertiary/aromatic N) is 4. The first-order chi connectivity index (χ1) is 16.6. The number of pyridine rings is 1. The van der Waals surface area contributed by atoms with Crippen LogP contribution in [0.25, 0.3) is 10.8 Å². The van der Waals surface area contributed by atoms with Gasteiger partial charge in [-0.3, -0.25) is 9.69 Å². The fourth-order valence-corrected chi connectivity index (χ4v) is 4.49. The minimum atomic E-state index is -0.647. The molecule has 9 heteroatoms. The van der Waals surface area contributed by atoms with Gasteiger partial charge in [-0.15, -0.1) is 0 Å². The van der Waals surface area contributed by atoms with Crippen LogP contribution in [0.1, 0.15) is 23.2 Å². The van der Waals surface area contributed by atoms with Gasteiger partial charge in [0.2, 0.25) is 5.95 Å². The van der Waals surface area contributed by atoms with E-state index >= 15 is 4.39 Å². The Balaban J connectivity index is 1.55. The van der Waals surface area contributed by atoms with Crippen LogP contribution in [0, 0.1) is 5.82 Å². The molecule has 34 heavy (non-hydrogen) atoms. The number of hydrogen-bond donors (Lipinski definition) is 2. The molecule has 172 valence electrons. The van der Waals surface area contributed by atoms with Crippen molar-refractivity contribution in [1.82, 2.24) is 20.3 Å². The molecule has 0 aliphatic carbocycles. The van der Waals surface area contributed by atoms with Gasteiger partial charge in [-0.05, 0) is 61.2 Å². The van der Waals surface area contributed by atoms with Gasteiger partial charge >= 0.3 is 0 Å². The van der Waals surface area contributed by atoms with Crippen molar-refractivity contribution in [2.75, 3.05) is 23.3 Å². The Morgan fingerprint density at radius 1 is 1.09 bits per heavy atom. The molecule has 1 fully saturated rings. The molecule has 1 amide bonds. The topological polar surface area (TPSA) is 83.0 Å². The summed E-state index contributed by atoms with van der Waals surface area (Å²) >= 11 is 6.54. The van der Waals surface area contributed by atoms with Crippen LogP contribution in [0.2, 0.25) is 5.02 Å². The normalized spacial score (nSPS) is 15.8. The van der Waals surface area contributed by atoms with Crippen LogP contribution in [0.5, 0.6) is 0 Å². The quantitative estimate of drug-likeness (QED) is 0.423. The molecule has 2 aromatic carbocycles. The van der Waals surface area contributed by atoms with Crippen LogP contribution in [0.4, 0.5) is 21.8 Å². The zero-order valence-electron chi connectivity index (χ0n) is 18.2. The number of nitrogens with one attached hydrogen (secondary N) is 2. The SMILES string of the molecule is O=C(c1ccc(Nc2ncccn2)cc1F)N(c1nccc2cccc(Cl)c12)C1CCCNC1. The van der Waals surface area contributed by atoms with Gasteiger partial charge in [0.15, 0.2) is 0 Å². The standard InChI is InChI=1S/C25H22ClFN6O/c26-20-6-1-4-16-9-13-29-23(22(16)20)33(18-5-2-10-28-15-18)24(34)19-8-7-17(14-21(19)27)32-25-30-11-3-12-31-25/h1,3-4,6-9,11-14,18,28H,2,5,10,15H2,(H,30,31,32). The van der Waals surface area contributed by atoms with E-state index in [9.17, 15) is 4.79 Å². The molecule has 1 atom stereocenters. The smallest absolute Gasteiger partial charge is 0.262 e. The molecule has 2 N–H and O–H groups in total. The van der Waals surface area contributed by atoms with Crippen LogP contribution in [-0.4, -0.2) is 40.0 Å². The highest BCUT2D eigenvalue weighted by molar-refractivity contribution is 6.36. The largest absolute Gasteiger partial charge is 0.324 e. The number of hydrogen-bond acceptors (Lipinski definition) is 6. The molecule has 0 bridgehead atoms. The molecule has 1 aliphatic heterocycles. The number of amides is 1. The van der Waals surface area contributed by atoms with Gasteiger partial charge in [0, 0.05) is 36.2 Å². The van der Waals surface area contributed by atoms with E-state index in [1.54, 1.807) is 41.7 Å². The van der Waals surface area contributed by atoms with Crippen LogP contribution < -0.4 is 15.5 Å². The Kier molecular flexibility index (Phi) is 6.33. The summed E-state index contributed by atoms with van der Waals surface area (Å²) in [6.07, 6.45) is 6.49. The minimum Gasteiger partial charge on any atom is -0.324 e. The van der Waals surface area contributed by atoms with Gasteiger partial charge in [-0.25, -0.2) is 19.3 Å². The first kappa shape index (κ1) is 22.2. The summed E-state index contributed by atoms with van der Waals surface area (Å²) in [6.45, 7) is 1.46. The summed E-state index contributed by atoms with van der Waals surface area (Å²) in [7, 11) is 0. The van der Waals surface area contributed by atoms with E-state index in [1.165, 1.54) is 12.1 Å². The van der Waals surface area contributed by atoms with Gasteiger partial charge in [-0.2, -0.15) is 0 Å². The molecule has 0 spiro atoms. The van der Waals surface area contributed by atoms with Gasteiger partial charge in [0.1, 0.15) is 11.6 Å². The highest BCUT2D eigenvalue weighted by Gasteiger charge is 2.31. The molecule has 1 aliphatic rings. The second-order valence-electron chi connectivity index (χ2n) is 8.04. The van der Waals surface area contributed by atoms with Gasteiger partial charge in [0.25, 0.3) is 5.91 Å². The lowest BCUT2D eigenvalue weighted by Gasteiger charge is -2.34. The third kappa shape index (κ3) is 4.42. The second-order valence-corrected chi connectivity index (χ2v) is 8.45. The molecular weight excluding hydrogens is 455 g/mol. The van der Waals surface area contributed by atoms with Crippen LogP contribution >= 0.6 is 11.6 Å². The van der Waals surface area contributed by atoms with Crippen molar-refractivity contribution in [1.29, 1.82) is 0 Å². The summed E-state index contributed by atoms with van der Waals surface area (Å²) in [5.41, 5.74) is 0.397. The minimum absolute atomic E-state index is 0.0454. The first-order valence-corrected chi connectivity index (χ1v) is 11.4. The molecule has 2 aromatic heterocycles. The van der Waals surface area contributed by atoms with Crippen molar-refractivity contribution in [2.24, 2.45) is 0 Å². The maximum absolute atomic E-state index is 15.2. The molecule has 0 radical (unpaired) electrons. The molecule has 1 saturated heterocycles. The maximum atomic E-state index is 15.2. The van der Waals surface area contributed by atoms with E-state index in [1.807, 2.05) is 18.2 Å². The lowest BCUT2D eigenvalue weighted by Crippen LogP contribution is -2.49. The van der Waals surface area contributed by atoms with Crippen molar-refractivity contribution in [2.45, 2.75) is 18.9 Å². The van der Waals surface area contributed by atoms with Crippen LogP contribution in [-0.2, 0) is 0 Å². The number of benzene rings is 2. The number of carbonyl (C=O) groups is 1. The molecule has 7 nitrogen and oxygen atoms in total. The molecule has 5 rings (SSSR count). The average molecular weight is 477 g/mol.